The summed E-state index contributed by atoms with van der Waals surface area (Å²) in [5.41, 5.74) is 0. The van der Waals surface area contributed by atoms with Crippen molar-refractivity contribution in [2.24, 2.45) is 0 Å². The Kier molecular flexibility index (Phi) is 6.68. The molecule has 0 N–H and O–H groups in total. The first-order valence-corrected chi connectivity index (χ1v) is 13.4. The normalized spacial score (nSPS) is 30.4. The summed E-state index contributed by atoms with van der Waals surface area (Å²) in [5, 5.41) is 2.08. The Morgan fingerprint density at radius 3 is 1.08 bits per heavy atom. The molecule has 2 aliphatic heterocycles. The van der Waals surface area contributed by atoms with E-state index in [0.717, 1.165) is 10.5 Å². The molecule has 3 heteroatoms. The Bertz CT molecular complexity index is 311. The fourth-order valence-electron chi connectivity index (χ4n) is 6.42. The van der Waals surface area contributed by atoms with E-state index in [0.29, 0.717) is 0 Å². The minimum absolute atomic E-state index is 0.737. The summed E-state index contributed by atoms with van der Waals surface area (Å²) >= 11 is 0. The lowest BCUT2D eigenvalue weighted by molar-refractivity contribution is 0.292. The van der Waals surface area contributed by atoms with Gasteiger partial charge in [-0.05, 0) is 51.4 Å². The average molecular weight is 367 g/mol. The van der Waals surface area contributed by atoms with Gasteiger partial charge in [0.05, 0.1) is 0 Å². The van der Waals surface area contributed by atoms with Gasteiger partial charge in [-0.2, -0.15) is 0 Å². The van der Waals surface area contributed by atoms with Gasteiger partial charge in [-0.1, -0.05) is 51.4 Å². The van der Waals surface area contributed by atoms with Gasteiger partial charge in [0.1, 0.15) is 0 Å². The summed E-state index contributed by atoms with van der Waals surface area (Å²) in [6, 6.07) is 0. The molecule has 0 atom stereocenters. The van der Waals surface area contributed by atoms with Crippen molar-refractivity contribution >= 4 is 10.4 Å². The smallest absolute Gasteiger partial charge is 0.0134 e. The lowest BCUT2D eigenvalue weighted by atomic mass is 10.00. The van der Waals surface area contributed by atoms with Crippen molar-refractivity contribution < 1.29 is 0 Å². The quantitative estimate of drug-likeness (QED) is 0.579. The number of piperidine rings is 2. The van der Waals surface area contributed by atoms with Gasteiger partial charge in [0, 0.05) is 36.7 Å². The summed E-state index contributed by atoms with van der Waals surface area (Å²) in [7, 11) is -0.737. The lowest BCUT2D eigenvalue weighted by Crippen LogP contribution is -2.54. The van der Waals surface area contributed by atoms with Crippen LogP contribution in [0.25, 0.3) is 0 Å². The van der Waals surface area contributed by atoms with E-state index in [1.807, 2.05) is 0 Å². The third-order valence-electron chi connectivity index (χ3n) is 7.54. The molecule has 4 rings (SSSR count). The first kappa shape index (κ1) is 18.6. The van der Waals surface area contributed by atoms with Gasteiger partial charge >= 0.3 is 0 Å². The molecule has 0 unspecified atom stereocenters. The van der Waals surface area contributed by atoms with E-state index in [4.69, 9.17) is 0 Å². The maximum Gasteiger partial charge on any atom is 0.0134 e. The highest BCUT2D eigenvalue weighted by atomic mass is 32.3. The van der Waals surface area contributed by atoms with Crippen LogP contribution in [0.2, 0.25) is 0 Å². The van der Waals surface area contributed by atoms with Crippen LogP contribution in [-0.2, 0) is 0 Å². The largest absolute Gasteiger partial charge is 0.256 e. The molecule has 0 aromatic carbocycles. The van der Waals surface area contributed by atoms with E-state index >= 15 is 0 Å². The van der Waals surface area contributed by atoms with E-state index in [2.05, 4.69) is 8.61 Å². The maximum absolute atomic E-state index is 3.16. The highest BCUT2D eigenvalue weighted by molar-refractivity contribution is 8.30. The molecule has 2 nitrogen and oxygen atoms in total. The molecular weight excluding hydrogens is 324 g/mol. The van der Waals surface area contributed by atoms with Crippen molar-refractivity contribution in [1.29, 1.82) is 0 Å². The zero-order valence-corrected chi connectivity index (χ0v) is 17.4. The van der Waals surface area contributed by atoms with Gasteiger partial charge in [-0.25, -0.2) is 0 Å². The second-order valence-electron chi connectivity index (χ2n) is 9.14. The van der Waals surface area contributed by atoms with E-state index in [-0.39, 0.29) is 0 Å². The summed E-state index contributed by atoms with van der Waals surface area (Å²) in [6.07, 6.45) is 24.2. The molecule has 0 amide bonds. The predicted molar refractivity (Wildman–Crippen MR) is 112 cm³/mol. The fraction of sp³-hybridized carbons (Fsp3) is 1.00. The van der Waals surface area contributed by atoms with E-state index in [9.17, 15) is 0 Å². The molecule has 2 aliphatic carbocycles. The molecule has 2 heterocycles. The lowest BCUT2D eigenvalue weighted by Gasteiger charge is -2.66. The third-order valence-corrected chi connectivity index (χ3v) is 12.8. The number of nitrogens with zero attached hydrogens (tertiary/aromatic N) is 2. The van der Waals surface area contributed by atoms with Crippen LogP contribution in [-0.4, -0.2) is 45.3 Å². The van der Waals surface area contributed by atoms with E-state index in [1.54, 1.807) is 25.7 Å². The van der Waals surface area contributed by atoms with Crippen molar-refractivity contribution in [3.05, 3.63) is 0 Å². The highest BCUT2D eigenvalue weighted by Gasteiger charge is 2.49. The van der Waals surface area contributed by atoms with Crippen molar-refractivity contribution in [2.45, 2.75) is 113 Å². The second kappa shape index (κ2) is 8.97. The Morgan fingerprint density at radius 1 is 0.400 bits per heavy atom. The van der Waals surface area contributed by atoms with Gasteiger partial charge in [-0.15, -0.1) is 10.4 Å². The topological polar surface area (TPSA) is 6.48 Å². The van der Waals surface area contributed by atoms with Crippen molar-refractivity contribution in [1.82, 2.24) is 8.61 Å². The standard InChI is InChI=1S/C22H42N2S/c1-5-13-21(14-6-1)25(22-15-7-2-8-16-22,23-17-9-3-10-18-23)24-19-11-4-12-20-24/h21-22H,1-20H2. The molecule has 0 radical (unpaired) electrons. The second-order valence-corrected chi connectivity index (χ2v) is 12.8. The van der Waals surface area contributed by atoms with Crippen LogP contribution >= 0.6 is 10.4 Å². The minimum atomic E-state index is -0.737. The molecule has 25 heavy (non-hydrogen) atoms. The van der Waals surface area contributed by atoms with Gasteiger partial charge in [-0.3, -0.25) is 8.61 Å². The van der Waals surface area contributed by atoms with Crippen molar-refractivity contribution in [2.75, 3.05) is 26.2 Å². The monoisotopic (exact) mass is 366 g/mol. The van der Waals surface area contributed by atoms with Gasteiger partial charge in [0.15, 0.2) is 0 Å². The summed E-state index contributed by atoms with van der Waals surface area (Å²) in [6.45, 7) is 5.72. The van der Waals surface area contributed by atoms with Crippen molar-refractivity contribution in [3.63, 3.8) is 0 Å². The molecule has 146 valence electrons. The summed E-state index contributed by atoms with van der Waals surface area (Å²) in [4.78, 5) is 0. The first-order valence-electron chi connectivity index (χ1n) is 11.7. The highest BCUT2D eigenvalue weighted by Crippen LogP contribution is 2.68. The molecule has 0 aromatic rings. The number of hydrogen-bond acceptors (Lipinski definition) is 2. The Balaban J connectivity index is 1.70. The number of hydrogen-bond donors (Lipinski definition) is 0. The summed E-state index contributed by atoms with van der Waals surface area (Å²) < 4.78 is 6.32. The Morgan fingerprint density at radius 2 is 0.720 bits per heavy atom. The molecule has 2 saturated heterocycles. The van der Waals surface area contributed by atoms with Crippen LogP contribution in [0.3, 0.4) is 0 Å². The SMILES string of the molecule is C1CCC(S(C2CCCCC2)(N2CCCCC2)N2CCCCC2)CC1. The van der Waals surface area contributed by atoms with Crippen LogP contribution in [0, 0.1) is 0 Å². The molecule has 4 fully saturated rings. The molecule has 0 bridgehead atoms. The molecular formula is C22H42N2S. The maximum atomic E-state index is 3.16. The van der Waals surface area contributed by atoms with Gasteiger partial charge in [0.2, 0.25) is 0 Å². The van der Waals surface area contributed by atoms with Gasteiger partial charge < -0.3 is 0 Å². The average Bonchev–Trinajstić information content (AvgIpc) is 2.72. The van der Waals surface area contributed by atoms with Crippen LogP contribution in [0.1, 0.15) is 103 Å². The minimum Gasteiger partial charge on any atom is -0.256 e. The number of rotatable bonds is 4. The fourth-order valence-corrected chi connectivity index (χ4v) is 12.7. The zero-order chi connectivity index (χ0) is 17.0. The third kappa shape index (κ3) is 3.80. The van der Waals surface area contributed by atoms with Crippen LogP contribution in [0.5, 0.6) is 0 Å². The molecule has 0 spiro atoms. The van der Waals surface area contributed by atoms with E-state index < -0.39 is 10.4 Å². The summed E-state index contributed by atoms with van der Waals surface area (Å²) in [5.74, 6) is 0. The first-order chi connectivity index (χ1) is 12.4. The molecule has 4 aliphatic rings. The molecule has 0 aromatic heterocycles. The van der Waals surface area contributed by atoms with Crippen LogP contribution in [0.4, 0.5) is 0 Å². The van der Waals surface area contributed by atoms with Crippen LogP contribution in [0.15, 0.2) is 0 Å². The van der Waals surface area contributed by atoms with E-state index in [1.165, 1.54) is 103 Å². The molecule has 2 saturated carbocycles. The predicted octanol–water partition coefficient (Wildman–Crippen LogP) is 6.26. The Hall–Kier alpha value is 0.270. The zero-order valence-electron chi connectivity index (χ0n) is 16.6. The van der Waals surface area contributed by atoms with Crippen molar-refractivity contribution in [3.8, 4) is 0 Å². The van der Waals surface area contributed by atoms with Gasteiger partial charge in [0.25, 0.3) is 0 Å². The van der Waals surface area contributed by atoms with Crippen LogP contribution < -0.4 is 0 Å². The Labute approximate surface area is 158 Å².